The normalized spacial score (nSPS) is 40.5. The number of fused-ring (bicyclic) bond motifs is 6. The summed E-state index contributed by atoms with van der Waals surface area (Å²) >= 11 is 0. The van der Waals surface area contributed by atoms with Crippen LogP contribution in [0.4, 0.5) is 0 Å². The third kappa shape index (κ3) is 1.92. The van der Waals surface area contributed by atoms with E-state index in [0.29, 0.717) is 0 Å². The lowest BCUT2D eigenvalue weighted by atomic mass is 9.79. The molecular formula is C17H26N4. The van der Waals surface area contributed by atoms with E-state index in [1.807, 2.05) is 0 Å². The Labute approximate surface area is 126 Å². The predicted octanol–water partition coefficient (Wildman–Crippen LogP) is 1.90. The minimum atomic E-state index is 0.779. The van der Waals surface area contributed by atoms with E-state index in [9.17, 15) is 0 Å². The predicted molar refractivity (Wildman–Crippen MR) is 81.6 cm³/mol. The van der Waals surface area contributed by atoms with Gasteiger partial charge in [-0.3, -0.25) is 4.68 Å². The van der Waals surface area contributed by atoms with Crippen LogP contribution >= 0.6 is 0 Å². The Hall–Kier alpha value is -0.870. The summed E-state index contributed by atoms with van der Waals surface area (Å²) in [6, 6.07) is 0.779. The topological polar surface area (TPSA) is 41.9 Å². The molecule has 3 aliphatic carbocycles. The first-order valence-electron chi connectivity index (χ1n) is 8.88. The third-order valence-electron chi connectivity index (χ3n) is 6.81. The molecule has 1 aromatic rings. The highest BCUT2D eigenvalue weighted by atomic mass is 15.3. The van der Waals surface area contributed by atoms with Gasteiger partial charge in [0.2, 0.25) is 0 Å². The van der Waals surface area contributed by atoms with Crippen molar-refractivity contribution < 1.29 is 0 Å². The molecule has 4 nitrogen and oxygen atoms in total. The molecule has 2 N–H and O–H groups in total. The van der Waals surface area contributed by atoms with Crippen LogP contribution in [-0.4, -0.2) is 22.4 Å². The van der Waals surface area contributed by atoms with E-state index < -0.39 is 0 Å². The summed E-state index contributed by atoms with van der Waals surface area (Å²) in [5.41, 5.74) is 2.81. The van der Waals surface area contributed by atoms with Crippen molar-refractivity contribution in [1.82, 2.24) is 20.4 Å². The average Bonchev–Trinajstić information content (AvgIpc) is 3.25. The van der Waals surface area contributed by atoms with Crippen molar-refractivity contribution >= 4 is 0 Å². The van der Waals surface area contributed by atoms with Gasteiger partial charge in [0.15, 0.2) is 0 Å². The van der Waals surface area contributed by atoms with Crippen molar-refractivity contribution in [3.8, 4) is 0 Å². The molecule has 0 amide bonds. The highest BCUT2D eigenvalue weighted by Gasteiger charge is 2.53. The van der Waals surface area contributed by atoms with Crippen molar-refractivity contribution in [2.45, 2.75) is 57.8 Å². The van der Waals surface area contributed by atoms with Crippen LogP contribution in [-0.2, 0) is 19.6 Å². The molecule has 0 saturated heterocycles. The van der Waals surface area contributed by atoms with Crippen molar-refractivity contribution in [2.75, 3.05) is 6.54 Å². The Morgan fingerprint density at radius 2 is 2.19 bits per heavy atom. The van der Waals surface area contributed by atoms with Gasteiger partial charge < -0.3 is 10.6 Å². The van der Waals surface area contributed by atoms with Crippen molar-refractivity contribution in [2.24, 2.45) is 23.7 Å². The SMILES string of the molecule is c1nn2c(c1CNC1CC3CC1C1CCCC31)CNCC2. The molecule has 1 aromatic heterocycles. The first kappa shape index (κ1) is 12.7. The maximum atomic E-state index is 4.54. The smallest absolute Gasteiger partial charge is 0.0567 e. The molecule has 1 aliphatic heterocycles. The molecule has 4 aliphatic rings. The monoisotopic (exact) mass is 286 g/mol. The zero-order chi connectivity index (χ0) is 13.8. The van der Waals surface area contributed by atoms with Crippen molar-refractivity contribution in [3.05, 3.63) is 17.5 Å². The largest absolute Gasteiger partial charge is 0.309 e. The highest BCUT2D eigenvalue weighted by Crippen LogP contribution is 2.58. The van der Waals surface area contributed by atoms with Gasteiger partial charge in [-0.15, -0.1) is 0 Å². The van der Waals surface area contributed by atoms with E-state index >= 15 is 0 Å². The summed E-state index contributed by atoms with van der Waals surface area (Å²) < 4.78 is 2.18. The number of hydrogen-bond acceptors (Lipinski definition) is 3. The van der Waals surface area contributed by atoms with Gasteiger partial charge in [-0.05, 0) is 49.4 Å². The first-order chi connectivity index (χ1) is 10.4. The van der Waals surface area contributed by atoms with E-state index in [2.05, 4.69) is 26.6 Å². The molecule has 21 heavy (non-hydrogen) atoms. The van der Waals surface area contributed by atoms with E-state index in [-0.39, 0.29) is 0 Å². The minimum Gasteiger partial charge on any atom is -0.309 e. The van der Waals surface area contributed by atoms with Crippen LogP contribution in [0, 0.1) is 23.7 Å². The lowest BCUT2D eigenvalue weighted by Gasteiger charge is -2.32. The van der Waals surface area contributed by atoms with E-state index in [1.165, 1.54) is 43.4 Å². The van der Waals surface area contributed by atoms with Crippen molar-refractivity contribution in [1.29, 1.82) is 0 Å². The van der Waals surface area contributed by atoms with Crippen LogP contribution < -0.4 is 10.6 Å². The molecular weight excluding hydrogens is 260 g/mol. The second-order valence-electron chi connectivity index (χ2n) is 7.66. The quantitative estimate of drug-likeness (QED) is 0.892. The number of nitrogens with one attached hydrogen (secondary N) is 2. The minimum absolute atomic E-state index is 0.779. The molecule has 2 heterocycles. The molecule has 0 spiro atoms. The zero-order valence-electron chi connectivity index (χ0n) is 12.7. The number of rotatable bonds is 3. The zero-order valence-corrected chi connectivity index (χ0v) is 12.7. The molecule has 114 valence electrons. The Bertz CT molecular complexity index is 537. The van der Waals surface area contributed by atoms with Gasteiger partial charge in [0.05, 0.1) is 18.4 Å². The summed E-state index contributed by atoms with van der Waals surface area (Å²) in [5.74, 6) is 4.18. The Kier molecular flexibility index (Phi) is 2.90. The van der Waals surface area contributed by atoms with Gasteiger partial charge >= 0.3 is 0 Å². The Morgan fingerprint density at radius 1 is 1.24 bits per heavy atom. The van der Waals surface area contributed by atoms with Crippen LogP contribution in [0.3, 0.4) is 0 Å². The highest BCUT2D eigenvalue weighted by molar-refractivity contribution is 5.19. The summed E-state index contributed by atoms with van der Waals surface area (Å²) in [6.45, 7) is 4.07. The molecule has 5 atom stereocenters. The lowest BCUT2D eigenvalue weighted by molar-refractivity contribution is 0.208. The van der Waals surface area contributed by atoms with Crippen LogP contribution in [0.25, 0.3) is 0 Å². The fraction of sp³-hybridized carbons (Fsp3) is 0.824. The molecule has 0 aromatic carbocycles. The third-order valence-corrected chi connectivity index (χ3v) is 6.81. The van der Waals surface area contributed by atoms with E-state index in [4.69, 9.17) is 0 Å². The molecule has 3 saturated carbocycles. The van der Waals surface area contributed by atoms with Crippen LogP contribution in [0.5, 0.6) is 0 Å². The molecule has 3 fully saturated rings. The second kappa shape index (κ2) is 4.82. The maximum absolute atomic E-state index is 4.54. The standard InChI is InChI=1S/C17H26N4/c1-2-13-11-6-15(14(13)3-1)16(7-11)19-8-12-9-20-21-5-4-18-10-17(12)21/h9,11,13-16,18-19H,1-8,10H2. The fourth-order valence-electron chi connectivity index (χ4n) is 5.93. The summed E-state index contributed by atoms with van der Waals surface area (Å²) in [7, 11) is 0. The molecule has 4 heteroatoms. The van der Waals surface area contributed by atoms with Gasteiger partial charge in [-0.1, -0.05) is 6.42 Å². The molecule has 5 rings (SSSR count). The van der Waals surface area contributed by atoms with Gasteiger partial charge in [0.25, 0.3) is 0 Å². The maximum Gasteiger partial charge on any atom is 0.0567 e. The second-order valence-corrected chi connectivity index (χ2v) is 7.66. The number of aromatic nitrogens is 2. The van der Waals surface area contributed by atoms with Gasteiger partial charge in [-0.2, -0.15) is 5.10 Å². The van der Waals surface area contributed by atoms with Crippen LogP contribution in [0.15, 0.2) is 6.20 Å². The van der Waals surface area contributed by atoms with E-state index in [0.717, 1.165) is 55.9 Å². The van der Waals surface area contributed by atoms with Crippen molar-refractivity contribution in [3.63, 3.8) is 0 Å². The van der Waals surface area contributed by atoms with Crippen LogP contribution in [0.2, 0.25) is 0 Å². The first-order valence-corrected chi connectivity index (χ1v) is 8.88. The van der Waals surface area contributed by atoms with Gasteiger partial charge in [0.1, 0.15) is 0 Å². The van der Waals surface area contributed by atoms with Gasteiger partial charge in [0, 0.05) is 31.2 Å². The summed E-state index contributed by atoms with van der Waals surface area (Å²) in [4.78, 5) is 0. The number of hydrogen-bond donors (Lipinski definition) is 2. The summed E-state index contributed by atoms with van der Waals surface area (Å²) in [6.07, 6.45) is 9.57. The fourth-order valence-corrected chi connectivity index (χ4v) is 5.93. The Balaban J connectivity index is 1.26. The molecule has 0 radical (unpaired) electrons. The Morgan fingerprint density at radius 3 is 3.19 bits per heavy atom. The van der Waals surface area contributed by atoms with E-state index in [1.54, 1.807) is 0 Å². The summed E-state index contributed by atoms with van der Waals surface area (Å²) in [5, 5.41) is 11.9. The van der Waals surface area contributed by atoms with Gasteiger partial charge in [-0.25, -0.2) is 0 Å². The van der Waals surface area contributed by atoms with Crippen LogP contribution in [0.1, 0.15) is 43.4 Å². The number of nitrogens with zero attached hydrogens (tertiary/aromatic N) is 2. The molecule has 2 bridgehead atoms. The molecule has 5 unspecified atom stereocenters. The lowest BCUT2D eigenvalue weighted by Crippen LogP contribution is -2.39. The average molecular weight is 286 g/mol.